The number of amidine groups is 1. The molecule has 0 saturated carbocycles. The van der Waals surface area contributed by atoms with Gasteiger partial charge in [-0.2, -0.15) is 13.2 Å². The van der Waals surface area contributed by atoms with Gasteiger partial charge in [-0.3, -0.25) is 5.41 Å². The molecule has 0 saturated heterocycles. The molecular weight excluding hydrogens is 323 g/mol. The van der Waals surface area contributed by atoms with E-state index >= 15 is 0 Å². The molecule has 0 aliphatic carbocycles. The summed E-state index contributed by atoms with van der Waals surface area (Å²) < 4.78 is 38.0. The first kappa shape index (κ1) is 15.8. The Balaban J connectivity index is 2.94. The van der Waals surface area contributed by atoms with E-state index in [-0.39, 0.29) is 11.8 Å². The van der Waals surface area contributed by atoms with Crippen molar-refractivity contribution in [1.82, 2.24) is 0 Å². The highest BCUT2D eigenvalue weighted by atomic mass is 79.9. The Bertz CT molecular complexity index is 474. The van der Waals surface area contributed by atoms with Crippen LogP contribution in [0.1, 0.15) is 12.5 Å². The number of anilines is 1. The van der Waals surface area contributed by atoms with Crippen LogP contribution in [-0.4, -0.2) is 19.4 Å². The zero-order valence-corrected chi connectivity index (χ0v) is 12.1. The lowest BCUT2D eigenvalue weighted by molar-refractivity contribution is -0.137. The molecule has 19 heavy (non-hydrogen) atoms. The number of halogens is 4. The zero-order chi connectivity index (χ0) is 14.8. The third-order valence-corrected chi connectivity index (χ3v) is 3.40. The molecule has 1 aromatic rings. The van der Waals surface area contributed by atoms with Crippen LogP contribution in [0.4, 0.5) is 18.9 Å². The SMILES string of the molecule is CC(CN(C)c1ccc(C(F)(F)F)cc1Br)C(=N)N. The first-order valence-electron chi connectivity index (χ1n) is 5.54. The highest BCUT2D eigenvalue weighted by Gasteiger charge is 2.31. The maximum atomic E-state index is 12.5. The van der Waals surface area contributed by atoms with Crippen LogP contribution in [0.15, 0.2) is 22.7 Å². The molecule has 3 nitrogen and oxygen atoms in total. The van der Waals surface area contributed by atoms with Gasteiger partial charge >= 0.3 is 6.18 Å². The van der Waals surface area contributed by atoms with Crippen molar-refractivity contribution in [3.8, 4) is 0 Å². The highest BCUT2D eigenvalue weighted by Crippen LogP contribution is 2.35. The summed E-state index contributed by atoms with van der Waals surface area (Å²) in [6, 6.07) is 3.49. The summed E-state index contributed by atoms with van der Waals surface area (Å²) in [7, 11) is 1.74. The standard InChI is InChI=1S/C12H15BrF3N3/c1-7(11(17)18)6-19(2)10-4-3-8(5-9(10)13)12(14,15)16/h3-5,7H,6H2,1-2H3,(H3,17,18). The molecule has 0 radical (unpaired) electrons. The Hall–Kier alpha value is -1.24. The van der Waals surface area contributed by atoms with Crippen LogP contribution in [-0.2, 0) is 6.18 Å². The van der Waals surface area contributed by atoms with Gasteiger partial charge in [-0.25, -0.2) is 0 Å². The van der Waals surface area contributed by atoms with E-state index in [9.17, 15) is 13.2 Å². The van der Waals surface area contributed by atoms with Gasteiger partial charge in [-0.15, -0.1) is 0 Å². The van der Waals surface area contributed by atoms with E-state index in [0.717, 1.165) is 12.1 Å². The van der Waals surface area contributed by atoms with Crippen LogP contribution < -0.4 is 10.6 Å². The summed E-state index contributed by atoms with van der Waals surface area (Å²) in [5.74, 6) is -0.117. The second-order valence-electron chi connectivity index (χ2n) is 4.40. The molecule has 0 heterocycles. The zero-order valence-electron chi connectivity index (χ0n) is 10.6. The number of benzene rings is 1. The smallest absolute Gasteiger partial charge is 0.387 e. The molecule has 1 aromatic carbocycles. The fourth-order valence-electron chi connectivity index (χ4n) is 1.60. The second-order valence-corrected chi connectivity index (χ2v) is 5.26. The molecule has 0 amide bonds. The minimum absolute atomic E-state index is 0.0508. The van der Waals surface area contributed by atoms with Crippen molar-refractivity contribution >= 4 is 27.5 Å². The maximum Gasteiger partial charge on any atom is 0.416 e. The Morgan fingerprint density at radius 3 is 2.47 bits per heavy atom. The molecule has 0 spiro atoms. The fraction of sp³-hybridized carbons (Fsp3) is 0.417. The van der Waals surface area contributed by atoms with Crippen molar-refractivity contribution in [2.24, 2.45) is 11.7 Å². The van der Waals surface area contributed by atoms with Gasteiger partial charge in [-0.1, -0.05) is 6.92 Å². The number of rotatable bonds is 4. The average molecular weight is 338 g/mol. The summed E-state index contributed by atoms with van der Waals surface area (Å²) in [6.07, 6.45) is -4.35. The largest absolute Gasteiger partial charge is 0.416 e. The average Bonchev–Trinajstić information content (AvgIpc) is 2.27. The minimum atomic E-state index is -4.35. The van der Waals surface area contributed by atoms with E-state index in [0.29, 0.717) is 16.7 Å². The van der Waals surface area contributed by atoms with E-state index in [2.05, 4.69) is 15.9 Å². The highest BCUT2D eigenvalue weighted by molar-refractivity contribution is 9.10. The molecule has 106 valence electrons. The Morgan fingerprint density at radius 2 is 2.05 bits per heavy atom. The van der Waals surface area contributed by atoms with Crippen LogP contribution >= 0.6 is 15.9 Å². The number of hydrogen-bond donors (Lipinski definition) is 2. The molecule has 1 rings (SSSR count). The fourth-order valence-corrected chi connectivity index (χ4v) is 2.28. The van der Waals surface area contributed by atoms with Crippen LogP contribution in [0.3, 0.4) is 0 Å². The first-order chi connectivity index (χ1) is 8.62. The minimum Gasteiger partial charge on any atom is -0.387 e. The van der Waals surface area contributed by atoms with Gasteiger partial charge in [0.15, 0.2) is 0 Å². The lowest BCUT2D eigenvalue weighted by Crippen LogP contribution is -2.32. The number of alkyl halides is 3. The quantitative estimate of drug-likeness (QED) is 0.652. The van der Waals surface area contributed by atoms with Crippen molar-refractivity contribution in [2.45, 2.75) is 13.1 Å². The van der Waals surface area contributed by atoms with Crippen molar-refractivity contribution in [2.75, 3.05) is 18.5 Å². The summed E-state index contributed by atoms with van der Waals surface area (Å²) in [5.41, 5.74) is 5.31. The predicted octanol–water partition coefficient (Wildman–Crippen LogP) is 3.48. The number of nitrogens with two attached hydrogens (primary N) is 1. The van der Waals surface area contributed by atoms with E-state index in [1.165, 1.54) is 6.07 Å². The molecule has 0 aliphatic heterocycles. The molecule has 0 fully saturated rings. The summed E-state index contributed by atoms with van der Waals surface area (Å²) in [6.45, 7) is 2.25. The van der Waals surface area contributed by atoms with Gasteiger partial charge < -0.3 is 10.6 Å². The van der Waals surface area contributed by atoms with Gasteiger partial charge in [0.25, 0.3) is 0 Å². The molecule has 1 unspecified atom stereocenters. The van der Waals surface area contributed by atoms with Crippen molar-refractivity contribution in [3.63, 3.8) is 0 Å². The van der Waals surface area contributed by atoms with E-state index in [1.54, 1.807) is 18.9 Å². The van der Waals surface area contributed by atoms with E-state index < -0.39 is 11.7 Å². The molecule has 3 N–H and O–H groups in total. The lowest BCUT2D eigenvalue weighted by atomic mass is 10.1. The van der Waals surface area contributed by atoms with Crippen LogP contribution in [0.5, 0.6) is 0 Å². The Labute approximate surface area is 118 Å². The first-order valence-corrected chi connectivity index (χ1v) is 6.34. The van der Waals surface area contributed by atoms with Crippen molar-refractivity contribution < 1.29 is 13.2 Å². The number of hydrogen-bond acceptors (Lipinski definition) is 2. The van der Waals surface area contributed by atoms with Crippen molar-refractivity contribution in [1.29, 1.82) is 5.41 Å². The number of nitrogens with zero attached hydrogens (tertiary/aromatic N) is 1. The van der Waals surface area contributed by atoms with Gasteiger partial charge in [0.1, 0.15) is 0 Å². The van der Waals surface area contributed by atoms with Gasteiger partial charge in [0.2, 0.25) is 0 Å². The third-order valence-electron chi connectivity index (χ3n) is 2.76. The summed E-state index contributed by atoms with van der Waals surface area (Å²) in [4.78, 5) is 1.76. The summed E-state index contributed by atoms with van der Waals surface area (Å²) >= 11 is 3.14. The Kier molecular flexibility index (Phi) is 4.84. The molecule has 0 aliphatic rings. The van der Waals surface area contributed by atoms with Gasteiger partial charge in [0, 0.05) is 24.0 Å². The Morgan fingerprint density at radius 1 is 1.47 bits per heavy atom. The third kappa shape index (κ3) is 4.12. The molecule has 7 heteroatoms. The van der Waals surface area contributed by atoms with E-state index in [4.69, 9.17) is 11.1 Å². The molecule has 0 aromatic heterocycles. The van der Waals surface area contributed by atoms with Crippen molar-refractivity contribution in [3.05, 3.63) is 28.2 Å². The van der Waals surface area contributed by atoms with Crippen LogP contribution in [0.2, 0.25) is 0 Å². The predicted molar refractivity (Wildman–Crippen MR) is 73.5 cm³/mol. The second kappa shape index (κ2) is 5.81. The lowest BCUT2D eigenvalue weighted by Gasteiger charge is -2.24. The summed E-state index contributed by atoms with van der Waals surface area (Å²) in [5, 5.41) is 7.32. The molecule has 1 atom stereocenters. The molecule has 0 bridgehead atoms. The van der Waals surface area contributed by atoms with E-state index in [1.807, 2.05) is 0 Å². The van der Waals surface area contributed by atoms with Crippen LogP contribution in [0.25, 0.3) is 0 Å². The van der Waals surface area contributed by atoms with Crippen LogP contribution in [0, 0.1) is 11.3 Å². The topological polar surface area (TPSA) is 53.1 Å². The maximum absolute atomic E-state index is 12.5. The number of nitrogens with one attached hydrogen (secondary N) is 1. The molecular formula is C12H15BrF3N3. The normalized spacial score (nSPS) is 13.2. The monoisotopic (exact) mass is 337 g/mol. The van der Waals surface area contributed by atoms with Gasteiger partial charge in [0.05, 0.1) is 17.1 Å². The van der Waals surface area contributed by atoms with Gasteiger partial charge in [-0.05, 0) is 34.1 Å².